The van der Waals surface area contributed by atoms with E-state index in [0.717, 1.165) is 10.7 Å². The number of likely N-dealkylation sites (N-methyl/N-ethyl adjacent to an activating group) is 2. The van der Waals surface area contributed by atoms with Crippen LogP contribution in [0.5, 0.6) is 11.5 Å². The number of carbonyl (C=O) groups excluding carboxylic acids is 1. The van der Waals surface area contributed by atoms with Crippen LogP contribution in [0.4, 0.5) is 0 Å². The minimum absolute atomic E-state index is 0.0516. The van der Waals surface area contributed by atoms with Crippen molar-refractivity contribution in [1.29, 1.82) is 0 Å². The average molecular weight is 394 g/mol. The van der Waals surface area contributed by atoms with Crippen LogP contribution >= 0.6 is 0 Å². The molecule has 0 radical (unpaired) electrons. The topological polar surface area (TPSA) is 89.3 Å². The molecule has 0 fully saturated rings. The molecule has 1 aromatic carbocycles. The molecule has 1 aliphatic rings. The Balaban J connectivity index is 1.70. The number of nitrogens with zero attached hydrogens (tertiary/aromatic N) is 2. The highest BCUT2D eigenvalue weighted by molar-refractivity contribution is 7.89. The summed E-state index contributed by atoms with van der Waals surface area (Å²) < 4.78 is 42.9. The van der Waals surface area contributed by atoms with Gasteiger partial charge in [0.1, 0.15) is 5.76 Å². The summed E-state index contributed by atoms with van der Waals surface area (Å²) in [5, 5.41) is 0. The highest BCUT2D eigenvalue weighted by Crippen LogP contribution is 2.32. The molecule has 0 spiro atoms. The van der Waals surface area contributed by atoms with Gasteiger partial charge < -0.3 is 18.8 Å². The predicted molar refractivity (Wildman–Crippen MR) is 97.0 cm³/mol. The van der Waals surface area contributed by atoms with Crippen LogP contribution in [0, 0.1) is 0 Å². The normalized spacial score (nSPS) is 14.0. The van der Waals surface area contributed by atoms with Crippen LogP contribution in [-0.2, 0) is 21.4 Å². The molecular weight excluding hydrogens is 372 g/mol. The van der Waals surface area contributed by atoms with E-state index in [-0.39, 0.29) is 23.9 Å². The van der Waals surface area contributed by atoms with E-state index in [0.29, 0.717) is 30.5 Å². The van der Waals surface area contributed by atoms with Gasteiger partial charge in [-0.3, -0.25) is 4.79 Å². The maximum atomic E-state index is 12.8. The molecule has 0 N–H and O–H groups in total. The molecule has 0 atom stereocenters. The molecule has 0 aliphatic carbocycles. The minimum atomic E-state index is -3.85. The lowest BCUT2D eigenvalue weighted by atomic mass is 10.3. The molecule has 27 heavy (non-hydrogen) atoms. The lowest BCUT2D eigenvalue weighted by molar-refractivity contribution is -0.130. The van der Waals surface area contributed by atoms with Crippen molar-refractivity contribution < 1.29 is 27.1 Å². The molecule has 1 aromatic heterocycles. The molecule has 2 aromatic rings. The number of carbonyl (C=O) groups is 1. The molecule has 3 rings (SSSR count). The monoisotopic (exact) mass is 394 g/mol. The Morgan fingerprint density at radius 2 is 1.85 bits per heavy atom. The quantitative estimate of drug-likeness (QED) is 0.741. The van der Waals surface area contributed by atoms with Gasteiger partial charge in [0, 0.05) is 26.6 Å². The van der Waals surface area contributed by atoms with E-state index < -0.39 is 10.0 Å². The summed E-state index contributed by atoms with van der Waals surface area (Å²) in [5.41, 5.74) is 0. The number of sulfonamides is 1. The van der Waals surface area contributed by atoms with Crippen molar-refractivity contribution in [2.75, 3.05) is 33.9 Å². The standard InChI is InChI=1S/C18H22N2O6S/c1-19(12-14-5-3-8-24-14)18(21)13-20(2)27(22,23)15-6-7-16-17(11-15)26-10-4-9-25-16/h3,5-8,11H,4,9-10,12-13H2,1-2H3. The fourth-order valence-electron chi connectivity index (χ4n) is 2.60. The van der Waals surface area contributed by atoms with Crippen LogP contribution in [0.3, 0.4) is 0 Å². The number of benzene rings is 1. The van der Waals surface area contributed by atoms with Crippen molar-refractivity contribution in [3.63, 3.8) is 0 Å². The highest BCUT2D eigenvalue weighted by Gasteiger charge is 2.26. The van der Waals surface area contributed by atoms with E-state index in [2.05, 4.69) is 0 Å². The zero-order chi connectivity index (χ0) is 19.4. The van der Waals surface area contributed by atoms with E-state index in [9.17, 15) is 13.2 Å². The first-order chi connectivity index (χ1) is 12.9. The van der Waals surface area contributed by atoms with E-state index in [1.54, 1.807) is 25.2 Å². The van der Waals surface area contributed by atoms with Crippen molar-refractivity contribution in [2.45, 2.75) is 17.9 Å². The summed E-state index contributed by atoms with van der Waals surface area (Å²) in [6.45, 7) is 0.968. The van der Waals surface area contributed by atoms with Gasteiger partial charge in [0.2, 0.25) is 15.9 Å². The molecule has 9 heteroatoms. The SMILES string of the molecule is CN(Cc1ccco1)C(=O)CN(C)S(=O)(=O)c1ccc2c(c1)OCCCO2. The van der Waals surface area contributed by atoms with E-state index in [1.165, 1.54) is 30.3 Å². The Hall–Kier alpha value is -2.52. The molecule has 0 saturated carbocycles. The molecule has 2 heterocycles. The van der Waals surface area contributed by atoms with E-state index >= 15 is 0 Å². The number of hydrogen-bond acceptors (Lipinski definition) is 6. The van der Waals surface area contributed by atoms with Gasteiger partial charge in [0.05, 0.1) is 37.5 Å². The largest absolute Gasteiger partial charge is 0.490 e. The fourth-order valence-corrected chi connectivity index (χ4v) is 3.74. The first kappa shape index (κ1) is 19.2. The average Bonchev–Trinajstić information content (AvgIpc) is 3.03. The third-order valence-electron chi connectivity index (χ3n) is 4.18. The minimum Gasteiger partial charge on any atom is -0.490 e. The summed E-state index contributed by atoms with van der Waals surface area (Å²) in [4.78, 5) is 13.8. The molecule has 0 bridgehead atoms. The van der Waals surface area contributed by atoms with Crippen LogP contribution in [0.1, 0.15) is 12.2 Å². The van der Waals surface area contributed by atoms with Gasteiger partial charge >= 0.3 is 0 Å². The van der Waals surface area contributed by atoms with Crippen LogP contribution < -0.4 is 9.47 Å². The Morgan fingerprint density at radius 3 is 2.56 bits per heavy atom. The summed E-state index contributed by atoms with van der Waals surface area (Å²) >= 11 is 0. The molecule has 0 saturated heterocycles. The fraction of sp³-hybridized carbons (Fsp3) is 0.389. The molecule has 8 nitrogen and oxygen atoms in total. The second-order valence-corrected chi connectivity index (χ2v) is 8.29. The van der Waals surface area contributed by atoms with E-state index in [4.69, 9.17) is 13.9 Å². The summed E-state index contributed by atoms with van der Waals surface area (Å²) in [5.74, 6) is 1.19. The second kappa shape index (κ2) is 8.01. The van der Waals surface area contributed by atoms with Crippen molar-refractivity contribution in [1.82, 2.24) is 9.21 Å². The molecule has 1 aliphatic heterocycles. The van der Waals surface area contributed by atoms with Crippen molar-refractivity contribution in [3.05, 3.63) is 42.4 Å². The van der Waals surface area contributed by atoms with Crippen molar-refractivity contribution in [2.24, 2.45) is 0 Å². The number of ether oxygens (including phenoxy) is 2. The van der Waals surface area contributed by atoms with Gasteiger partial charge in [-0.25, -0.2) is 8.42 Å². The number of rotatable bonds is 6. The second-order valence-electron chi connectivity index (χ2n) is 6.25. The Labute approximate surface area is 158 Å². The third-order valence-corrected chi connectivity index (χ3v) is 5.98. The maximum Gasteiger partial charge on any atom is 0.243 e. The van der Waals surface area contributed by atoms with Gasteiger partial charge in [-0.1, -0.05) is 0 Å². The van der Waals surface area contributed by atoms with Gasteiger partial charge in [-0.05, 0) is 24.3 Å². The van der Waals surface area contributed by atoms with Crippen LogP contribution in [0.15, 0.2) is 45.9 Å². The lowest BCUT2D eigenvalue weighted by Crippen LogP contribution is -2.39. The number of furan rings is 1. The van der Waals surface area contributed by atoms with Crippen molar-refractivity contribution in [3.8, 4) is 11.5 Å². The van der Waals surface area contributed by atoms with Gasteiger partial charge in [-0.2, -0.15) is 4.31 Å². The smallest absolute Gasteiger partial charge is 0.243 e. The van der Waals surface area contributed by atoms with E-state index in [1.807, 2.05) is 0 Å². The zero-order valence-electron chi connectivity index (χ0n) is 15.3. The van der Waals surface area contributed by atoms with Gasteiger partial charge in [0.25, 0.3) is 0 Å². The Morgan fingerprint density at radius 1 is 1.11 bits per heavy atom. The zero-order valence-corrected chi connectivity index (χ0v) is 16.1. The Bertz CT molecular complexity index is 895. The lowest BCUT2D eigenvalue weighted by Gasteiger charge is -2.21. The molecule has 1 amide bonds. The van der Waals surface area contributed by atoms with Crippen LogP contribution in [0.2, 0.25) is 0 Å². The number of fused-ring (bicyclic) bond motifs is 1. The highest BCUT2D eigenvalue weighted by atomic mass is 32.2. The van der Waals surface area contributed by atoms with Crippen molar-refractivity contribution >= 4 is 15.9 Å². The summed E-state index contributed by atoms with van der Waals surface area (Å²) in [6, 6.07) is 7.95. The van der Waals surface area contributed by atoms with Crippen LogP contribution in [-0.4, -0.2) is 57.4 Å². The molecule has 146 valence electrons. The van der Waals surface area contributed by atoms with Gasteiger partial charge in [0.15, 0.2) is 11.5 Å². The molecule has 0 unspecified atom stereocenters. The number of amides is 1. The van der Waals surface area contributed by atoms with Gasteiger partial charge in [-0.15, -0.1) is 0 Å². The van der Waals surface area contributed by atoms with Crippen LogP contribution in [0.25, 0.3) is 0 Å². The predicted octanol–water partition coefficient (Wildman–Crippen LogP) is 1.72. The first-order valence-corrected chi connectivity index (χ1v) is 9.94. The molecular formula is C18H22N2O6S. The third kappa shape index (κ3) is 4.42. The Kier molecular flexibility index (Phi) is 5.71. The maximum absolute atomic E-state index is 12.8. The summed E-state index contributed by atoms with van der Waals surface area (Å²) in [7, 11) is -0.880. The number of hydrogen-bond donors (Lipinski definition) is 0. The summed E-state index contributed by atoms with van der Waals surface area (Å²) in [6.07, 6.45) is 2.25. The first-order valence-electron chi connectivity index (χ1n) is 8.50.